The molecular formula is C15H13ClN2O4. The second kappa shape index (κ2) is 6.44. The predicted octanol–water partition coefficient (Wildman–Crippen LogP) is 1.86. The van der Waals surface area contributed by atoms with Crippen LogP contribution in [0.3, 0.4) is 0 Å². The van der Waals surface area contributed by atoms with Crippen LogP contribution >= 0.6 is 11.6 Å². The molecule has 0 aliphatic rings. The second-order valence-corrected chi connectivity index (χ2v) is 5.06. The predicted molar refractivity (Wildman–Crippen MR) is 82.5 cm³/mol. The lowest BCUT2D eigenvalue weighted by Crippen LogP contribution is -2.33. The van der Waals surface area contributed by atoms with Gasteiger partial charge in [-0.1, -0.05) is 17.7 Å². The third-order valence-electron chi connectivity index (χ3n) is 3.11. The molecule has 114 valence electrons. The van der Waals surface area contributed by atoms with Gasteiger partial charge < -0.3 is 14.6 Å². The van der Waals surface area contributed by atoms with Crippen LogP contribution in [0.5, 0.6) is 0 Å². The highest BCUT2D eigenvalue weighted by Crippen LogP contribution is 2.18. The van der Waals surface area contributed by atoms with Gasteiger partial charge in [0.05, 0.1) is 5.56 Å². The number of anilines is 1. The van der Waals surface area contributed by atoms with Gasteiger partial charge in [-0.25, -0.2) is 4.79 Å². The zero-order valence-electron chi connectivity index (χ0n) is 11.7. The summed E-state index contributed by atoms with van der Waals surface area (Å²) in [6.07, 6.45) is 1.15. The number of aromatic carboxylic acids is 1. The number of carbonyl (C=O) groups is 2. The molecule has 1 N–H and O–H groups in total. The molecule has 2 rings (SSSR count). The summed E-state index contributed by atoms with van der Waals surface area (Å²) < 4.78 is 1.06. The fraction of sp³-hybridized carbons (Fsp3) is 0.133. The third-order valence-corrected chi connectivity index (χ3v) is 3.34. The van der Waals surface area contributed by atoms with Crippen molar-refractivity contribution >= 4 is 29.2 Å². The minimum Gasteiger partial charge on any atom is -0.478 e. The number of nitrogens with zero attached hydrogens (tertiary/aromatic N) is 2. The number of hydrogen-bond acceptors (Lipinski definition) is 3. The van der Waals surface area contributed by atoms with Gasteiger partial charge in [0, 0.05) is 30.0 Å². The van der Waals surface area contributed by atoms with Crippen LogP contribution in [0, 0.1) is 0 Å². The molecule has 1 aromatic carbocycles. The minimum atomic E-state index is -1.16. The highest BCUT2D eigenvalue weighted by molar-refractivity contribution is 6.30. The van der Waals surface area contributed by atoms with Crippen molar-refractivity contribution in [3.63, 3.8) is 0 Å². The molecule has 0 saturated carbocycles. The van der Waals surface area contributed by atoms with E-state index < -0.39 is 11.5 Å². The molecule has 1 amide bonds. The normalized spacial score (nSPS) is 10.3. The molecule has 22 heavy (non-hydrogen) atoms. The van der Waals surface area contributed by atoms with E-state index in [1.54, 1.807) is 31.3 Å². The van der Waals surface area contributed by atoms with E-state index in [1.165, 1.54) is 11.0 Å². The van der Waals surface area contributed by atoms with E-state index in [4.69, 9.17) is 16.7 Å². The summed E-state index contributed by atoms with van der Waals surface area (Å²) in [5.41, 5.74) is 0.0793. The second-order valence-electron chi connectivity index (χ2n) is 4.62. The van der Waals surface area contributed by atoms with Crippen molar-refractivity contribution in [2.24, 2.45) is 0 Å². The van der Waals surface area contributed by atoms with Crippen molar-refractivity contribution in [3.8, 4) is 0 Å². The van der Waals surface area contributed by atoms with Gasteiger partial charge in [0.2, 0.25) is 5.91 Å². The summed E-state index contributed by atoms with van der Waals surface area (Å²) in [4.78, 5) is 36.2. The van der Waals surface area contributed by atoms with Crippen molar-refractivity contribution in [1.29, 1.82) is 0 Å². The van der Waals surface area contributed by atoms with Gasteiger partial charge in [-0.05, 0) is 24.3 Å². The van der Waals surface area contributed by atoms with E-state index in [-0.39, 0.29) is 18.0 Å². The topological polar surface area (TPSA) is 79.6 Å². The number of carbonyl (C=O) groups excluding carboxylic acids is 1. The first-order chi connectivity index (χ1) is 10.4. The van der Waals surface area contributed by atoms with Crippen molar-refractivity contribution in [2.75, 3.05) is 11.9 Å². The maximum Gasteiger partial charge on any atom is 0.337 e. The highest BCUT2D eigenvalue weighted by atomic mass is 35.5. The Bertz CT molecular complexity index is 785. The van der Waals surface area contributed by atoms with Gasteiger partial charge in [-0.2, -0.15) is 0 Å². The van der Waals surface area contributed by atoms with Crippen LogP contribution in [-0.4, -0.2) is 28.6 Å². The Hall–Kier alpha value is -2.60. The molecule has 1 heterocycles. The molecule has 2 aromatic rings. The van der Waals surface area contributed by atoms with Gasteiger partial charge in [0.25, 0.3) is 5.56 Å². The van der Waals surface area contributed by atoms with Crippen LogP contribution in [0.4, 0.5) is 5.69 Å². The monoisotopic (exact) mass is 320 g/mol. The van der Waals surface area contributed by atoms with E-state index in [1.807, 2.05) is 0 Å². The first kappa shape index (κ1) is 15.8. The Kier molecular flexibility index (Phi) is 4.62. The van der Waals surface area contributed by atoms with Crippen LogP contribution in [0.25, 0.3) is 0 Å². The van der Waals surface area contributed by atoms with Crippen LogP contribution in [-0.2, 0) is 11.3 Å². The maximum atomic E-state index is 12.2. The average Bonchev–Trinajstić information content (AvgIpc) is 2.48. The summed E-state index contributed by atoms with van der Waals surface area (Å²) in [5.74, 6) is -1.53. The molecule has 1 aromatic heterocycles. The van der Waals surface area contributed by atoms with E-state index in [0.29, 0.717) is 10.7 Å². The SMILES string of the molecule is CN(C(=O)Cn1cc(C(=O)O)ccc1=O)c1cccc(Cl)c1. The molecule has 0 bridgehead atoms. The number of aromatic nitrogens is 1. The molecule has 0 aliphatic carbocycles. The van der Waals surface area contributed by atoms with Gasteiger partial charge in [-0.3, -0.25) is 9.59 Å². The molecule has 0 radical (unpaired) electrons. The lowest BCUT2D eigenvalue weighted by molar-refractivity contribution is -0.118. The number of amides is 1. The third kappa shape index (κ3) is 3.53. The summed E-state index contributed by atoms with van der Waals surface area (Å²) in [6.45, 7) is -0.261. The number of benzene rings is 1. The first-order valence-electron chi connectivity index (χ1n) is 6.34. The smallest absolute Gasteiger partial charge is 0.337 e. The standard InChI is InChI=1S/C15H13ClN2O4/c1-17(12-4-2-3-11(16)7-12)14(20)9-18-8-10(15(21)22)5-6-13(18)19/h2-8H,9H2,1H3,(H,21,22). The molecule has 0 atom stereocenters. The summed E-state index contributed by atoms with van der Waals surface area (Å²) >= 11 is 5.88. The van der Waals surface area contributed by atoms with E-state index in [0.717, 1.165) is 16.8 Å². The van der Waals surface area contributed by atoms with E-state index in [9.17, 15) is 14.4 Å². The summed E-state index contributed by atoms with van der Waals surface area (Å²) in [6, 6.07) is 9.04. The molecule has 6 nitrogen and oxygen atoms in total. The number of likely N-dealkylation sites (N-methyl/N-ethyl adjacent to an activating group) is 1. The van der Waals surface area contributed by atoms with Gasteiger partial charge in [-0.15, -0.1) is 0 Å². The fourth-order valence-corrected chi connectivity index (χ4v) is 2.05. The number of carboxylic acid groups (broad SMARTS) is 1. The van der Waals surface area contributed by atoms with E-state index >= 15 is 0 Å². The lowest BCUT2D eigenvalue weighted by atomic mass is 10.2. The van der Waals surface area contributed by atoms with Gasteiger partial charge in [0.15, 0.2) is 0 Å². The molecule has 7 heteroatoms. The van der Waals surface area contributed by atoms with Crippen LogP contribution in [0.2, 0.25) is 5.02 Å². The number of halogens is 1. The van der Waals surface area contributed by atoms with Crippen LogP contribution < -0.4 is 10.5 Å². The Morgan fingerprint density at radius 1 is 1.27 bits per heavy atom. The number of pyridine rings is 1. The molecular weight excluding hydrogens is 308 g/mol. The van der Waals surface area contributed by atoms with Gasteiger partial charge >= 0.3 is 5.97 Å². The zero-order chi connectivity index (χ0) is 16.3. The number of carboxylic acids is 1. The van der Waals surface area contributed by atoms with E-state index in [2.05, 4.69) is 0 Å². The van der Waals surface area contributed by atoms with Crippen molar-refractivity contribution in [3.05, 3.63) is 63.5 Å². The summed E-state index contributed by atoms with van der Waals surface area (Å²) in [5, 5.41) is 9.41. The molecule has 0 saturated heterocycles. The average molecular weight is 321 g/mol. The van der Waals surface area contributed by atoms with Crippen LogP contribution in [0.15, 0.2) is 47.4 Å². The largest absolute Gasteiger partial charge is 0.478 e. The molecule has 0 aliphatic heterocycles. The Morgan fingerprint density at radius 2 is 2.00 bits per heavy atom. The lowest BCUT2D eigenvalue weighted by Gasteiger charge is -2.18. The zero-order valence-corrected chi connectivity index (χ0v) is 12.4. The fourth-order valence-electron chi connectivity index (χ4n) is 1.86. The highest BCUT2D eigenvalue weighted by Gasteiger charge is 2.14. The molecule has 0 fully saturated rings. The number of rotatable bonds is 4. The van der Waals surface area contributed by atoms with Crippen molar-refractivity contribution in [2.45, 2.75) is 6.54 Å². The quantitative estimate of drug-likeness (QED) is 0.932. The van der Waals surface area contributed by atoms with Crippen molar-refractivity contribution in [1.82, 2.24) is 4.57 Å². The Labute approximate surface area is 131 Å². The Balaban J connectivity index is 2.23. The van der Waals surface area contributed by atoms with Crippen molar-refractivity contribution < 1.29 is 14.7 Å². The molecule has 0 spiro atoms. The Morgan fingerprint density at radius 3 is 2.64 bits per heavy atom. The van der Waals surface area contributed by atoms with Crippen LogP contribution in [0.1, 0.15) is 10.4 Å². The maximum absolute atomic E-state index is 12.2. The molecule has 0 unspecified atom stereocenters. The minimum absolute atomic E-state index is 0.0576. The summed E-state index contributed by atoms with van der Waals surface area (Å²) in [7, 11) is 1.56. The first-order valence-corrected chi connectivity index (χ1v) is 6.72. The van der Waals surface area contributed by atoms with Gasteiger partial charge in [0.1, 0.15) is 6.54 Å². The number of hydrogen-bond donors (Lipinski definition) is 1.